The van der Waals surface area contributed by atoms with Crippen LogP contribution < -0.4 is 5.32 Å². The van der Waals surface area contributed by atoms with Crippen molar-refractivity contribution in [1.82, 2.24) is 5.32 Å². The number of alkyl halides is 3. The normalized spacial score (nSPS) is 11.7. The van der Waals surface area contributed by atoms with Gasteiger partial charge in [-0.3, -0.25) is 4.79 Å². The van der Waals surface area contributed by atoms with E-state index < -0.39 is 18.6 Å². The van der Waals surface area contributed by atoms with Gasteiger partial charge in [-0.15, -0.1) is 0 Å². The van der Waals surface area contributed by atoms with E-state index in [9.17, 15) is 18.0 Å². The molecule has 0 aliphatic rings. The Kier molecular flexibility index (Phi) is 20.0. The fourth-order valence-corrected chi connectivity index (χ4v) is 3.65. The molecule has 0 heterocycles. The quantitative estimate of drug-likeness (QED) is 0.185. The molecule has 2 nitrogen and oxygen atoms in total. The molecule has 0 aromatic heterocycles. The van der Waals surface area contributed by atoms with Gasteiger partial charge in [0.25, 0.3) is 0 Å². The maximum Gasteiger partial charge on any atom is 0.405 e. The van der Waals surface area contributed by atoms with Gasteiger partial charge in [0, 0.05) is 6.42 Å². The highest BCUT2D eigenvalue weighted by atomic mass is 19.4. The summed E-state index contributed by atoms with van der Waals surface area (Å²) in [4.78, 5) is 11.3. The number of carbonyl (C=O) groups excluding carboxylic acids is 1. The molecule has 5 heteroatoms. The van der Waals surface area contributed by atoms with E-state index in [0.29, 0.717) is 6.42 Å². The summed E-state index contributed by atoms with van der Waals surface area (Å²) in [6.45, 7) is 1.05. The topological polar surface area (TPSA) is 29.1 Å². The average molecular weight is 422 g/mol. The summed E-state index contributed by atoms with van der Waals surface area (Å²) in [5.74, 6) is -0.491. The third kappa shape index (κ3) is 25.2. The SMILES string of the molecule is CCCCCCCCCCCCCCCCCCCCCC(=O)NCC(F)(F)F. The predicted molar refractivity (Wildman–Crippen MR) is 117 cm³/mol. The maximum atomic E-state index is 12.0. The van der Waals surface area contributed by atoms with Crippen LogP contribution in [-0.4, -0.2) is 18.6 Å². The first-order chi connectivity index (χ1) is 14.0. The summed E-state index contributed by atoms with van der Waals surface area (Å²) in [5, 5.41) is 1.92. The van der Waals surface area contributed by atoms with Gasteiger partial charge in [-0.1, -0.05) is 122 Å². The summed E-state index contributed by atoms with van der Waals surface area (Å²) >= 11 is 0. The number of amides is 1. The van der Waals surface area contributed by atoms with E-state index in [2.05, 4.69) is 6.92 Å². The molecule has 0 aliphatic carbocycles. The van der Waals surface area contributed by atoms with Gasteiger partial charge in [0.1, 0.15) is 6.54 Å². The lowest BCUT2D eigenvalue weighted by Gasteiger charge is -2.08. The second-order valence-corrected chi connectivity index (χ2v) is 8.51. The van der Waals surface area contributed by atoms with E-state index in [1.54, 1.807) is 0 Å². The van der Waals surface area contributed by atoms with E-state index in [4.69, 9.17) is 0 Å². The van der Waals surface area contributed by atoms with E-state index in [-0.39, 0.29) is 6.42 Å². The van der Waals surface area contributed by atoms with Crippen LogP contribution in [0.5, 0.6) is 0 Å². The Bertz CT molecular complexity index is 359. The van der Waals surface area contributed by atoms with Crippen molar-refractivity contribution in [2.45, 2.75) is 142 Å². The van der Waals surface area contributed by atoms with Crippen molar-refractivity contribution in [1.29, 1.82) is 0 Å². The lowest BCUT2D eigenvalue weighted by molar-refractivity contribution is -0.138. The number of unbranched alkanes of at least 4 members (excludes halogenated alkanes) is 18. The van der Waals surface area contributed by atoms with Crippen LogP contribution in [0.25, 0.3) is 0 Å². The minimum Gasteiger partial charge on any atom is -0.347 e. The minimum absolute atomic E-state index is 0.203. The van der Waals surface area contributed by atoms with Crippen LogP contribution in [0, 0.1) is 0 Å². The van der Waals surface area contributed by atoms with Crippen molar-refractivity contribution in [3.8, 4) is 0 Å². The molecule has 174 valence electrons. The smallest absolute Gasteiger partial charge is 0.347 e. The number of rotatable bonds is 21. The molecule has 0 fully saturated rings. The van der Waals surface area contributed by atoms with E-state index in [1.165, 1.54) is 103 Å². The first kappa shape index (κ1) is 28.3. The standard InChI is InChI=1S/C24H46F3NO/c1-2-3-4-5-6-7-8-9-10-11-12-13-14-15-16-17-18-19-20-21-23(29)28-22-24(25,26)27/h2-22H2,1H3,(H,28,29). The fraction of sp³-hybridized carbons (Fsp3) is 0.958. The van der Waals surface area contributed by atoms with Gasteiger partial charge in [-0.2, -0.15) is 13.2 Å². The molecule has 0 aromatic rings. The molecule has 0 saturated heterocycles. The second kappa shape index (κ2) is 20.5. The highest BCUT2D eigenvalue weighted by Crippen LogP contribution is 2.15. The van der Waals surface area contributed by atoms with E-state index >= 15 is 0 Å². The lowest BCUT2D eigenvalue weighted by atomic mass is 10.0. The number of carbonyl (C=O) groups is 1. The summed E-state index contributed by atoms with van der Waals surface area (Å²) < 4.78 is 35.9. The van der Waals surface area contributed by atoms with Crippen molar-refractivity contribution in [3.05, 3.63) is 0 Å². The minimum atomic E-state index is -4.32. The van der Waals surface area contributed by atoms with Crippen LogP contribution in [0.1, 0.15) is 135 Å². The monoisotopic (exact) mass is 421 g/mol. The predicted octanol–water partition coefficient (Wildman–Crippen LogP) is 8.49. The maximum absolute atomic E-state index is 12.0. The van der Waals surface area contributed by atoms with Crippen LogP contribution >= 0.6 is 0 Å². The summed E-state index contributed by atoms with van der Waals surface area (Å²) in [6.07, 6.45) is 20.3. The Morgan fingerprint density at radius 2 is 0.897 bits per heavy atom. The van der Waals surface area contributed by atoms with Crippen LogP contribution in [0.2, 0.25) is 0 Å². The second-order valence-electron chi connectivity index (χ2n) is 8.51. The number of nitrogens with one attached hydrogen (secondary N) is 1. The van der Waals surface area contributed by atoms with Crippen molar-refractivity contribution < 1.29 is 18.0 Å². The lowest BCUT2D eigenvalue weighted by Crippen LogP contribution is -2.33. The molecule has 0 radical (unpaired) electrons. The summed E-state index contributed by atoms with van der Waals surface area (Å²) in [7, 11) is 0. The first-order valence-electron chi connectivity index (χ1n) is 12.3. The van der Waals surface area contributed by atoms with Gasteiger partial charge in [0.05, 0.1) is 0 Å². The highest BCUT2D eigenvalue weighted by molar-refractivity contribution is 5.75. The van der Waals surface area contributed by atoms with Crippen LogP contribution in [0.15, 0.2) is 0 Å². The molecular formula is C24H46F3NO. The molecule has 0 aromatic carbocycles. The largest absolute Gasteiger partial charge is 0.405 e. The number of halogens is 3. The molecule has 0 aliphatic heterocycles. The molecule has 0 rings (SSSR count). The molecule has 1 amide bonds. The van der Waals surface area contributed by atoms with Gasteiger partial charge in [0.15, 0.2) is 0 Å². The van der Waals surface area contributed by atoms with Crippen molar-refractivity contribution in [2.24, 2.45) is 0 Å². The highest BCUT2D eigenvalue weighted by Gasteiger charge is 2.27. The zero-order chi connectivity index (χ0) is 21.6. The van der Waals surface area contributed by atoms with Crippen LogP contribution in [-0.2, 0) is 4.79 Å². The summed E-state index contributed by atoms with van der Waals surface area (Å²) in [6, 6.07) is 0. The molecule has 29 heavy (non-hydrogen) atoms. The Morgan fingerprint density at radius 1 is 0.586 bits per heavy atom. The van der Waals surface area contributed by atoms with E-state index in [1.807, 2.05) is 5.32 Å². The van der Waals surface area contributed by atoms with Gasteiger partial charge in [-0.05, 0) is 6.42 Å². The van der Waals surface area contributed by atoms with Gasteiger partial charge in [-0.25, -0.2) is 0 Å². The Balaban J connectivity index is 3.12. The molecule has 0 bridgehead atoms. The molecule has 0 unspecified atom stereocenters. The number of hydrogen-bond acceptors (Lipinski definition) is 1. The van der Waals surface area contributed by atoms with Crippen molar-refractivity contribution in [2.75, 3.05) is 6.54 Å². The Labute approximate surface area is 177 Å². The average Bonchev–Trinajstić information content (AvgIpc) is 2.67. The van der Waals surface area contributed by atoms with Crippen LogP contribution in [0.3, 0.4) is 0 Å². The van der Waals surface area contributed by atoms with Crippen LogP contribution in [0.4, 0.5) is 13.2 Å². The Hall–Kier alpha value is -0.740. The third-order valence-corrected chi connectivity index (χ3v) is 5.49. The third-order valence-electron chi connectivity index (χ3n) is 5.49. The van der Waals surface area contributed by atoms with Crippen molar-refractivity contribution >= 4 is 5.91 Å². The van der Waals surface area contributed by atoms with Gasteiger partial charge in [0.2, 0.25) is 5.91 Å². The van der Waals surface area contributed by atoms with Crippen molar-refractivity contribution in [3.63, 3.8) is 0 Å². The van der Waals surface area contributed by atoms with E-state index in [0.717, 1.165) is 12.8 Å². The Morgan fingerprint density at radius 3 is 1.21 bits per heavy atom. The van der Waals surface area contributed by atoms with Gasteiger partial charge < -0.3 is 5.32 Å². The zero-order valence-electron chi connectivity index (χ0n) is 18.9. The molecule has 1 N–H and O–H groups in total. The first-order valence-corrected chi connectivity index (χ1v) is 12.3. The molecule has 0 saturated carbocycles. The molecule has 0 atom stereocenters. The fourth-order valence-electron chi connectivity index (χ4n) is 3.65. The molecular weight excluding hydrogens is 375 g/mol. The number of hydrogen-bond donors (Lipinski definition) is 1. The zero-order valence-corrected chi connectivity index (χ0v) is 18.9. The molecule has 0 spiro atoms. The summed E-state index contributed by atoms with van der Waals surface area (Å²) in [5.41, 5.74) is 0. The van der Waals surface area contributed by atoms with Gasteiger partial charge >= 0.3 is 6.18 Å².